The number of nitrogens with zero attached hydrogens (tertiary/aromatic N) is 3. The molecule has 1 saturated heterocycles. The number of aromatic nitrogens is 2. The second-order valence-corrected chi connectivity index (χ2v) is 4.00. The first-order chi connectivity index (χ1) is 8.36. The van der Waals surface area contributed by atoms with Gasteiger partial charge in [-0.15, -0.1) is 12.4 Å². The number of halogens is 4. The molecule has 9 heteroatoms. The van der Waals surface area contributed by atoms with Gasteiger partial charge >= 0.3 is 12.1 Å². The lowest BCUT2D eigenvalue weighted by Gasteiger charge is -2.30. The van der Waals surface area contributed by atoms with Crippen molar-refractivity contribution < 1.29 is 23.1 Å². The molecule has 2 rings (SSSR count). The SMILES string of the molecule is Cl.O=C(O)c1cc(CN2CCC2)nc(C(F)(F)F)n1. The van der Waals surface area contributed by atoms with Crippen LogP contribution in [0.1, 0.15) is 28.4 Å². The molecule has 1 aromatic heterocycles. The van der Waals surface area contributed by atoms with Crippen LogP contribution < -0.4 is 0 Å². The maximum atomic E-state index is 12.5. The largest absolute Gasteiger partial charge is 0.477 e. The van der Waals surface area contributed by atoms with E-state index in [0.29, 0.717) is 0 Å². The summed E-state index contributed by atoms with van der Waals surface area (Å²) in [5, 5.41) is 8.73. The highest BCUT2D eigenvalue weighted by Gasteiger charge is 2.36. The Morgan fingerprint density at radius 1 is 1.37 bits per heavy atom. The molecule has 0 atom stereocenters. The van der Waals surface area contributed by atoms with E-state index in [4.69, 9.17) is 5.11 Å². The van der Waals surface area contributed by atoms with Crippen LogP contribution in [0.5, 0.6) is 0 Å². The molecule has 0 radical (unpaired) electrons. The first kappa shape index (κ1) is 15.6. The van der Waals surface area contributed by atoms with Gasteiger partial charge in [0.1, 0.15) is 0 Å². The van der Waals surface area contributed by atoms with Gasteiger partial charge in [-0.3, -0.25) is 4.90 Å². The van der Waals surface area contributed by atoms with Gasteiger partial charge < -0.3 is 5.11 Å². The molecule has 0 aliphatic carbocycles. The number of hydrogen-bond donors (Lipinski definition) is 1. The lowest BCUT2D eigenvalue weighted by Crippen LogP contribution is -2.36. The van der Waals surface area contributed by atoms with Crippen LogP contribution in [0.4, 0.5) is 13.2 Å². The van der Waals surface area contributed by atoms with Crippen LogP contribution in [0.3, 0.4) is 0 Å². The monoisotopic (exact) mass is 297 g/mol. The molecule has 0 spiro atoms. The summed E-state index contributed by atoms with van der Waals surface area (Å²) in [6, 6.07) is 1.08. The van der Waals surface area contributed by atoms with Gasteiger partial charge in [-0.1, -0.05) is 0 Å². The molecule has 1 aliphatic heterocycles. The van der Waals surface area contributed by atoms with Gasteiger partial charge in [-0.25, -0.2) is 14.8 Å². The maximum Gasteiger partial charge on any atom is 0.451 e. The van der Waals surface area contributed by atoms with E-state index in [1.54, 1.807) is 0 Å². The van der Waals surface area contributed by atoms with E-state index in [-0.39, 0.29) is 24.6 Å². The highest BCUT2D eigenvalue weighted by atomic mass is 35.5. The van der Waals surface area contributed by atoms with Gasteiger partial charge in [0.05, 0.1) is 5.69 Å². The summed E-state index contributed by atoms with van der Waals surface area (Å²) in [7, 11) is 0. The Labute approximate surface area is 112 Å². The molecule has 1 N–H and O–H groups in total. The van der Waals surface area contributed by atoms with Crippen molar-refractivity contribution in [3.05, 3.63) is 23.3 Å². The molecule has 1 fully saturated rings. The van der Waals surface area contributed by atoms with Crippen molar-refractivity contribution in [1.82, 2.24) is 14.9 Å². The number of hydrogen-bond acceptors (Lipinski definition) is 4. The van der Waals surface area contributed by atoms with Crippen LogP contribution in [-0.4, -0.2) is 39.0 Å². The molecule has 1 aromatic rings. The summed E-state index contributed by atoms with van der Waals surface area (Å²) >= 11 is 0. The second kappa shape index (κ2) is 5.70. The smallest absolute Gasteiger partial charge is 0.451 e. The zero-order valence-corrected chi connectivity index (χ0v) is 10.5. The number of rotatable bonds is 3. The molecule has 0 aromatic carbocycles. The summed E-state index contributed by atoms with van der Waals surface area (Å²) in [5.41, 5.74) is -0.553. The molecule has 5 nitrogen and oxygen atoms in total. The zero-order valence-electron chi connectivity index (χ0n) is 9.65. The van der Waals surface area contributed by atoms with Crippen LogP contribution in [-0.2, 0) is 12.7 Å². The highest BCUT2D eigenvalue weighted by Crippen LogP contribution is 2.26. The fraction of sp³-hybridized carbons (Fsp3) is 0.500. The summed E-state index contributed by atoms with van der Waals surface area (Å²) in [5.74, 6) is -2.90. The van der Waals surface area contributed by atoms with Crippen molar-refractivity contribution in [3.8, 4) is 0 Å². The van der Waals surface area contributed by atoms with Crippen molar-refractivity contribution in [3.63, 3.8) is 0 Å². The van der Waals surface area contributed by atoms with E-state index in [2.05, 4.69) is 9.97 Å². The van der Waals surface area contributed by atoms with Gasteiger partial charge in [0.25, 0.3) is 0 Å². The average molecular weight is 298 g/mol. The van der Waals surface area contributed by atoms with Gasteiger partial charge in [0.15, 0.2) is 5.69 Å². The molecule has 1 aliphatic rings. The van der Waals surface area contributed by atoms with Crippen molar-refractivity contribution in [2.75, 3.05) is 13.1 Å². The van der Waals surface area contributed by atoms with Crippen molar-refractivity contribution in [2.45, 2.75) is 19.1 Å². The molecule has 0 amide bonds. The third-order valence-electron chi connectivity index (χ3n) is 2.59. The lowest BCUT2D eigenvalue weighted by atomic mass is 10.2. The van der Waals surface area contributed by atoms with Crippen LogP contribution >= 0.6 is 12.4 Å². The van der Waals surface area contributed by atoms with E-state index >= 15 is 0 Å². The third kappa shape index (κ3) is 3.77. The number of carboxylic acid groups (broad SMARTS) is 1. The Morgan fingerprint density at radius 3 is 2.42 bits per heavy atom. The quantitative estimate of drug-likeness (QED) is 0.922. The molecule has 19 heavy (non-hydrogen) atoms. The first-order valence-electron chi connectivity index (χ1n) is 5.27. The van der Waals surface area contributed by atoms with Crippen LogP contribution in [0.15, 0.2) is 6.07 Å². The number of carbonyl (C=O) groups is 1. The predicted molar refractivity (Wildman–Crippen MR) is 61.1 cm³/mol. The summed E-state index contributed by atoms with van der Waals surface area (Å²) in [6.07, 6.45) is -3.75. The Bertz CT molecular complexity index is 478. The standard InChI is InChI=1S/C10H10F3N3O2.ClH/c11-10(12,13)9-14-6(5-16-2-1-3-16)4-7(15-9)8(17)18;/h4H,1-3,5H2,(H,17,18);1H. The van der Waals surface area contributed by atoms with Gasteiger partial charge in [-0.2, -0.15) is 13.2 Å². The van der Waals surface area contributed by atoms with Gasteiger partial charge in [-0.05, 0) is 25.6 Å². The Balaban J connectivity index is 0.00000180. The molecule has 0 unspecified atom stereocenters. The van der Waals surface area contributed by atoms with E-state index in [0.717, 1.165) is 25.6 Å². The number of alkyl halides is 3. The fourth-order valence-corrected chi connectivity index (χ4v) is 1.58. The zero-order chi connectivity index (χ0) is 13.3. The average Bonchev–Trinajstić information content (AvgIpc) is 2.22. The normalized spacial score (nSPS) is 15.5. The molecule has 0 bridgehead atoms. The van der Waals surface area contributed by atoms with Crippen molar-refractivity contribution in [1.29, 1.82) is 0 Å². The summed E-state index contributed by atoms with van der Waals surface area (Å²) < 4.78 is 37.5. The number of likely N-dealkylation sites (tertiary alicyclic amines) is 1. The van der Waals surface area contributed by atoms with E-state index in [9.17, 15) is 18.0 Å². The highest BCUT2D eigenvalue weighted by molar-refractivity contribution is 5.85. The van der Waals surface area contributed by atoms with Gasteiger partial charge in [0, 0.05) is 6.54 Å². The number of aromatic carboxylic acids is 1. The van der Waals surface area contributed by atoms with Crippen LogP contribution in [0.25, 0.3) is 0 Å². The minimum absolute atomic E-state index is 0. The van der Waals surface area contributed by atoms with Gasteiger partial charge in [0.2, 0.25) is 5.82 Å². The molecule has 2 heterocycles. The Morgan fingerprint density at radius 2 is 2.00 bits per heavy atom. The summed E-state index contributed by atoms with van der Waals surface area (Å²) in [6.45, 7) is 1.79. The molecule has 0 saturated carbocycles. The topological polar surface area (TPSA) is 66.3 Å². The molecular weight excluding hydrogens is 287 g/mol. The van der Waals surface area contributed by atoms with E-state index < -0.39 is 23.7 Å². The van der Waals surface area contributed by atoms with Crippen molar-refractivity contribution >= 4 is 18.4 Å². The van der Waals surface area contributed by atoms with Crippen molar-refractivity contribution in [2.24, 2.45) is 0 Å². The fourth-order valence-electron chi connectivity index (χ4n) is 1.58. The van der Waals surface area contributed by atoms with Crippen LogP contribution in [0, 0.1) is 0 Å². The predicted octanol–water partition coefficient (Wildman–Crippen LogP) is 1.82. The van der Waals surface area contributed by atoms with Crippen LogP contribution in [0.2, 0.25) is 0 Å². The number of carboxylic acids is 1. The minimum Gasteiger partial charge on any atom is -0.477 e. The van der Waals surface area contributed by atoms with E-state index in [1.165, 1.54) is 0 Å². The first-order valence-corrected chi connectivity index (χ1v) is 5.27. The second-order valence-electron chi connectivity index (χ2n) is 4.00. The Hall–Kier alpha value is -1.41. The third-order valence-corrected chi connectivity index (χ3v) is 2.59. The maximum absolute atomic E-state index is 12.5. The minimum atomic E-state index is -4.74. The van der Waals surface area contributed by atoms with E-state index in [1.807, 2.05) is 4.90 Å². The Kier molecular flexibility index (Phi) is 4.70. The molecule has 106 valence electrons. The lowest BCUT2D eigenvalue weighted by molar-refractivity contribution is -0.145. The molecular formula is C10H11ClF3N3O2. The summed E-state index contributed by atoms with van der Waals surface area (Å²) in [4.78, 5) is 19.0.